The number of amides is 3. The number of urea groups is 1. The van der Waals surface area contributed by atoms with Crippen molar-refractivity contribution < 1.29 is 14.0 Å². The third-order valence-electron chi connectivity index (χ3n) is 7.26. The summed E-state index contributed by atoms with van der Waals surface area (Å²) >= 11 is 0. The molecular formula is C23H30FN5O2. The van der Waals surface area contributed by atoms with Gasteiger partial charge in [0.1, 0.15) is 11.5 Å². The average Bonchev–Trinajstić information content (AvgIpc) is 3.34. The number of fused-ring (bicyclic) bond motifs is 2. The molecule has 2 N–H and O–H groups in total. The van der Waals surface area contributed by atoms with Crippen molar-refractivity contribution in [2.45, 2.75) is 50.7 Å². The van der Waals surface area contributed by atoms with Crippen molar-refractivity contribution in [2.75, 3.05) is 33.2 Å². The van der Waals surface area contributed by atoms with Gasteiger partial charge in [-0.15, -0.1) is 0 Å². The summed E-state index contributed by atoms with van der Waals surface area (Å²) in [5, 5.41) is 3.63. The zero-order valence-electron chi connectivity index (χ0n) is 18.2. The summed E-state index contributed by atoms with van der Waals surface area (Å²) in [5.74, 6) is -0.489. The van der Waals surface area contributed by atoms with Gasteiger partial charge in [-0.25, -0.2) is 9.18 Å². The fraction of sp³-hybridized carbons (Fsp3) is 0.565. The number of hydrogen-bond acceptors (Lipinski definition) is 3. The smallest absolute Gasteiger partial charge is 0.320 e. The van der Waals surface area contributed by atoms with Gasteiger partial charge in [0.05, 0.1) is 11.6 Å². The summed E-state index contributed by atoms with van der Waals surface area (Å²) in [6, 6.07) is 5.71. The van der Waals surface area contributed by atoms with E-state index in [4.69, 9.17) is 0 Å². The number of aromatic amines is 1. The van der Waals surface area contributed by atoms with Crippen LogP contribution in [-0.4, -0.2) is 83.0 Å². The van der Waals surface area contributed by atoms with Crippen LogP contribution in [0.4, 0.5) is 9.18 Å². The van der Waals surface area contributed by atoms with Crippen LogP contribution >= 0.6 is 0 Å². The normalized spacial score (nSPS) is 27.1. The van der Waals surface area contributed by atoms with Gasteiger partial charge in [0, 0.05) is 50.7 Å². The van der Waals surface area contributed by atoms with Gasteiger partial charge in [-0.3, -0.25) is 9.69 Å². The van der Waals surface area contributed by atoms with Gasteiger partial charge in [-0.05, 0) is 50.3 Å². The highest BCUT2D eigenvalue weighted by Crippen LogP contribution is 2.28. The maximum absolute atomic E-state index is 14.1. The van der Waals surface area contributed by atoms with Crippen LogP contribution in [0.3, 0.4) is 0 Å². The quantitative estimate of drug-likeness (QED) is 0.791. The van der Waals surface area contributed by atoms with Crippen LogP contribution in [0.25, 0.3) is 10.9 Å². The molecule has 8 heteroatoms. The minimum absolute atomic E-state index is 0.106. The maximum atomic E-state index is 14.1. The van der Waals surface area contributed by atoms with Gasteiger partial charge in [-0.2, -0.15) is 0 Å². The molecule has 3 fully saturated rings. The number of carbonyl (C=O) groups excluding carboxylic acids is 2. The van der Waals surface area contributed by atoms with Crippen LogP contribution in [0.15, 0.2) is 18.2 Å². The molecule has 1 aliphatic carbocycles. The lowest BCUT2D eigenvalue weighted by atomic mass is 9.89. The van der Waals surface area contributed by atoms with Gasteiger partial charge in [0.2, 0.25) is 0 Å². The molecule has 166 valence electrons. The topological polar surface area (TPSA) is 71.7 Å². The summed E-state index contributed by atoms with van der Waals surface area (Å²) in [6.07, 6.45) is 4.07. The number of H-pyrrole nitrogens is 1. The highest BCUT2D eigenvalue weighted by molar-refractivity contribution is 5.99. The lowest BCUT2D eigenvalue weighted by molar-refractivity contribution is 0.0630. The highest BCUT2D eigenvalue weighted by Gasteiger charge is 2.41. The number of halogens is 1. The van der Waals surface area contributed by atoms with Crippen molar-refractivity contribution in [2.24, 2.45) is 0 Å². The van der Waals surface area contributed by atoms with E-state index in [9.17, 15) is 14.0 Å². The van der Waals surface area contributed by atoms with E-state index >= 15 is 0 Å². The third kappa shape index (κ3) is 3.67. The maximum Gasteiger partial charge on any atom is 0.320 e. The van der Waals surface area contributed by atoms with Crippen LogP contribution in [0.2, 0.25) is 0 Å². The van der Waals surface area contributed by atoms with Crippen molar-refractivity contribution in [3.63, 3.8) is 0 Å². The molecule has 0 bridgehead atoms. The number of nitrogens with one attached hydrogen (secondary N) is 2. The predicted molar refractivity (Wildman–Crippen MR) is 117 cm³/mol. The Hall–Kier alpha value is -2.61. The Kier molecular flexibility index (Phi) is 5.12. The minimum atomic E-state index is -0.316. The molecule has 0 spiro atoms. The molecule has 3 atom stereocenters. The van der Waals surface area contributed by atoms with E-state index in [2.05, 4.69) is 15.2 Å². The molecule has 1 unspecified atom stereocenters. The van der Waals surface area contributed by atoms with E-state index in [0.717, 1.165) is 57.4 Å². The van der Waals surface area contributed by atoms with Crippen LogP contribution in [0, 0.1) is 12.7 Å². The molecule has 3 aliphatic rings. The number of likely N-dealkylation sites (N-methyl/N-ethyl adjacent to an activating group) is 1. The van der Waals surface area contributed by atoms with Crippen LogP contribution in [0.5, 0.6) is 0 Å². The number of carbonyl (C=O) groups is 2. The Morgan fingerprint density at radius 2 is 2.03 bits per heavy atom. The van der Waals surface area contributed by atoms with E-state index in [1.54, 1.807) is 12.1 Å². The monoisotopic (exact) mass is 427 g/mol. The summed E-state index contributed by atoms with van der Waals surface area (Å²) in [4.78, 5) is 34.5. The van der Waals surface area contributed by atoms with Crippen molar-refractivity contribution in [1.29, 1.82) is 0 Å². The Labute approximate surface area is 181 Å². The first-order valence-electron chi connectivity index (χ1n) is 11.2. The average molecular weight is 428 g/mol. The van der Waals surface area contributed by atoms with Crippen molar-refractivity contribution in [3.05, 3.63) is 35.3 Å². The first-order valence-corrected chi connectivity index (χ1v) is 11.2. The fourth-order valence-electron chi connectivity index (χ4n) is 5.57. The first-order chi connectivity index (χ1) is 14.9. The first kappa shape index (κ1) is 20.3. The van der Waals surface area contributed by atoms with E-state index in [0.29, 0.717) is 22.6 Å². The van der Waals surface area contributed by atoms with Gasteiger partial charge >= 0.3 is 6.03 Å². The number of rotatable bonds is 3. The van der Waals surface area contributed by atoms with Crippen molar-refractivity contribution >= 4 is 22.8 Å². The standard InChI is InChI=1S/C23H30FN5O2/c1-14-6-7-19(24)18-11-20(26-21(14)18)22(30)25-15-4-3-5-16(10-15)28-8-9-29-17(13-28)12-27(2)23(29)31/h6-7,11,15-17,26H,3-5,8-10,12-13H2,1-2H3,(H,25,30)/t15-,16+,17?/m1/s1. The Morgan fingerprint density at radius 1 is 1.19 bits per heavy atom. The molecular weight excluding hydrogens is 397 g/mol. The number of benzene rings is 1. The van der Waals surface area contributed by atoms with Gasteiger partial charge < -0.3 is 20.1 Å². The van der Waals surface area contributed by atoms with E-state index < -0.39 is 0 Å². The van der Waals surface area contributed by atoms with Gasteiger partial charge in [-0.1, -0.05) is 6.07 Å². The van der Waals surface area contributed by atoms with Crippen molar-refractivity contribution in [3.8, 4) is 0 Å². The number of piperazine rings is 1. The number of aromatic nitrogens is 1. The molecule has 0 radical (unpaired) electrons. The number of aryl methyl sites for hydroxylation is 1. The molecule has 3 heterocycles. The lowest BCUT2D eigenvalue weighted by Crippen LogP contribution is -2.56. The van der Waals surface area contributed by atoms with Crippen LogP contribution in [0.1, 0.15) is 41.7 Å². The second-order valence-corrected chi connectivity index (χ2v) is 9.33. The molecule has 3 amide bonds. The molecule has 1 aromatic carbocycles. The van der Waals surface area contributed by atoms with Crippen LogP contribution in [-0.2, 0) is 0 Å². The summed E-state index contributed by atoms with van der Waals surface area (Å²) in [5.41, 5.74) is 2.01. The van der Waals surface area contributed by atoms with Gasteiger partial charge in [0.15, 0.2) is 0 Å². The zero-order chi connectivity index (χ0) is 21.7. The lowest BCUT2D eigenvalue weighted by Gasteiger charge is -2.43. The zero-order valence-corrected chi connectivity index (χ0v) is 18.2. The van der Waals surface area contributed by atoms with Crippen molar-refractivity contribution in [1.82, 2.24) is 25.0 Å². The predicted octanol–water partition coefficient (Wildman–Crippen LogP) is 2.71. The van der Waals surface area contributed by atoms with E-state index in [-0.39, 0.29) is 29.8 Å². The largest absolute Gasteiger partial charge is 0.350 e. The molecule has 2 aliphatic heterocycles. The molecule has 1 aromatic heterocycles. The summed E-state index contributed by atoms with van der Waals surface area (Å²) in [7, 11) is 1.87. The van der Waals surface area contributed by atoms with Crippen LogP contribution < -0.4 is 5.32 Å². The highest BCUT2D eigenvalue weighted by atomic mass is 19.1. The molecule has 31 heavy (non-hydrogen) atoms. The Balaban J connectivity index is 1.23. The second-order valence-electron chi connectivity index (χ2n) is 9.33. The number of nitrogens with zero attached hydrogens (tertiary/aromatic N) is 3. The Bertz CT molecular complexity index is 982. The second kappa shape index (κ2) is 7.82. The Morgan fingerprint density at radius 3 is 2.84 bits per heavy atom. The molecule has 7 nitrogen and oxygen atoms in total. The minimum Gasteiger partial charge on any atom is -0.350 e. The fourth-order valence-corrected chi connectivity index (χ4v) is 5.57. The third-order valence-corrected chi connectivity index (χ3v) is 7.26. The number of hydrogen-bond donors (Lipinski definition) is 2. The summed E-state index contributed by atoms with van der Waals surface area (Å²) in [6.45, 7) is 5.27. The molecule has 5 rings (SSSR count). The molecule has 1 saturated carbocycles. The SMILES string of the molecule is Cc1ccc(F)c2cc(C(=O)N[C@@H]3CCC[C@H](N4CCN5C(=O)N(C)CC5C4)C3)[nH]c12. The summed E-state index contributed by atoms with van der Waals surface area (Å²) < 4.78 is 14.1. The molecule has 2 aromatic rings. The van der Waals surface area contributed by atoms with E-state index in [1.807, 2.05) is 23.8 Å². The van der Waals surface area contributed by atoms with E-state index in [1.165, 1.54) is 6.07 Å². The van der Waals surface area contributed by atoms with Gasteiger partial charge in [0.25, 0.3) is 5.91 Å². The molecule has 2 saturated heterocycles.